The molecule has 1 fully saturated rings. The largest absolute Gasteiger partial charge is 0.384 e. The van der Waals surface area contributed by atoms with E-state index in [0.29, 0.717) is 12.5 Å². The molecule has 1 aliphatic rings. The van der Waals surface area contributed by atoms with Crippen molar-refractivity contribution >= 4 is 0 Å². The van der Waals surface area contributed by atoms with Gasteiger partial charge in [0.15, 0.2) is 0 Å². The molecule has 2 atom stereocenters. The Morgan fingerprint density at radius 2 is 2.29 bits per heavy atom. The van der Waals surface area contributed by atoms with Crippen molar-refractivity contribution in [2.45, 2.75) is 51.9 Å². The van der Waals surface area contributed by atoms with Crippen molar-refractivity contribution < 1.29 is 9.84 Å². The summed E-state index contributed by atoms with van der Waals surface area (Å²) in [4.78, 5) is 0. The first-order chi connectivity index (χ1) is 8.27. The van der Waals surface area contributed by atoms with Crippen molar-refractivity contribution in [3.63, 3.8) is 0 Å². The molecule has 0 spiro atoms. The lowest BCUT2D eigenvalue weighted by molar-refractivity contribution is -0.0496. The van der Waals surface area contributed by atoms with E-state index in [0.717, 1.165) is 31.5 Å². The van der Waals surface area contributed by atoms with Gasteiger partial charge in [-0.3, -0.25) is 0 Å². The number of aliphatic hydroxyl groups is 1. The fraction of sp³-hybridized carbons (Fsp3) is 0.833. The Morgan fingerprint density at radius 3 is 2.88 bits per heavy atom. The van der Waals surface area contributed by atoms with Crippen LogP contribution >= 0.6 is 0 Å². The molecule has 5 nitrogen and oxygen atoms in total. The molecule has 1 aliphatic carbocycles. The van der Waals surface area contributed by atoms with Gasteiger partial charge in [0.05, 0.1) is 18.0 Å². The van der Waals surface area contributed by atoms with Gasteiger partial charge >= 0.3 is 0 Å². The number of aliphatic hydroxyl groups excluding tert-OH is 1. The maximum atomic E-state index is 10.4. The van der Waals surface area contributed by atoms with E-state index in [1.807, 2.05) is 6.92 Å². The Labute approximate surface area is 102 Å². The highest BCUT2D eigenvalue weighted by atomic mass is 16.5. The number of ether oxygens (including phenoxy) is 1. The summed E-state index contributed by atoms with van der Waals surface area (Å²) in [7, 11) is 0. The molecule has 1 aromatic rings. The number of hydrogen-bond donors (Lipinski definition) is 1. The topological polar surface area (TPSA) is 60.2 Å². The Morgan fingerprint density at radius 1 is 1.53 bits per heavy atom. The fourth-order valence-electron chi connectivity index (χ4n) is 2.15. The molecule has 0 aliphatic heterocycles. The zero-order chi connectivity index (χ0) is 12.3. The summed E-state index contributed by atoms with van der Waals surface area (Å²) in [5.74, 6) is 0.495. The lowest BCUT2D eigenvalue weighted by Gasteiger charge is -2.22. The first-order valence-electron chi connectivity index (χ1n) is 6.46. The first-order valence-corrected chi connectivity index (χ1v) is 6.46. The summed E-state index contributed by atoms with van der Waals surface area (Å²) >= 11 is 0. The van der Waals surface area contributed by atoms with Crippen molar-refractivity contribution in [1.29, 1.82) is 0 Å². The third-order valence-corrected chi connectivity index (χ3v) is 3.14. The van der Waals surface area contributed by atoms with Gasteiger partial charge in [-0.2, -0.15) is 0 Å². The maximum Gasteiger partial charge on any atom is 0.124 e. The van der Waals surface area contributed by atoms with Gasteiger partial charge in [0.1, 0.15) is 6.10 Å². The molecule has 96 valence electrons. The molecular weight excluding hydrogens is 218 g/mol. The molecule has 1 N–H and O–H groups in total. The van der Waals surface area contributed by atoms with Crippen LogP contribution in [0.15, 0.2) is 6.20 Å². The predicted molar refractivity (Wildman–Crippen MR) is 63.4 cm³/mol. The molecule has 0 amide bonds. The highest BCUT2D eigenvalue weighted by molar-refractivity contribution is 5.04. The second-order valence-electron chi connectivity index (χ2n) is 4.58. The minimum Gasteiger partial charge on any atom is -0.384 e. The average molecular weight is 239 g/mol. The van der Waals surface area contributed by atoms with Gasteiger partial charge in [-0.25, -0.2) is 4.68 Å². The number of aryl methyl sites for hydroxylation is 1. The predicted octanol–water partition coefficient (Wildman–Crippen LogP) is 1.54. The SMILES string of the molecule is CCCn1nncc1C(O)C(OCC)C1CC1. The third-order valence-electron chi connectivity index (χ3n) is 3.14. The van der Waals surface area contributed by atoms with E-state index >= 15 is 0 Å². The lowest BCUT2D eigenvalue weighted by Crippen LogP contribution is -2.26. The average Bonchev–Trinajstić information content (AvgIpc) is 3.06. The van der Waals surface area contributed by atoms with E-state index in [2.05, 4.69) is 17.2 Å². The van der Waals surface area contributed by atoms with Gasteiger partial charge in [-0.15, -0.1) is 5.10 Å². The standard InChI is InChI=1S/C12H21N3O2/c1-3-7-15-10(8-13-14-15)11(16)12(17-4-2)9-5-6-9/h8-9,11-12,16H,3-7H2,1-2H3. The zero-order valence-corrected chi connectivity index (χ0v) is 10.5. The monoisotopic (exact) mass is 239 g/mol. The number of hydrogen-bond acceptors (Lipinski definition) is 4. The van der Waals surface area contributed by atoms with Gasteiger partial charge in [0, 0.05) is 13.2 Å². The maximum absolute atomic E-state index is 10.4. The summed E-state index contributed by atoms with van der Waals surface area (Å²) in [6, 6.07) is 0. The molecule has 2 unspecified atom stereocenters. The second kappa shape index (κ2) is 5.60. The van der Waals surface area contributed by atoms with Crippen molar-refractivity contribution in [3.8, 4) is 0 Å². The molecular formula is C12H21N3O2. The van der Waals surface area contributed by atoms with Crippen LogP contribution < -0.4 is 0 Å². The molecule has 5 heteroatoms. The van der Waals surface area contributed by atoms with E-state index in [1.165, 1.54) is 0 Å². The first kappa shape index (κ1) is 12.5. The minimum absolute atomic E-state index is 0.103. The van der Waals surface area contributed by atoms with Gasteiger partial charge in [-0.1, -0.05) is 12.1 Å². The van der Waals surface area contributed by atoms with E-state index in [4.69, 9.17) is 4.74 Å². The minimum atomic E-state index is -0.607. The molecule has 0 saturated heterocycles. The summed E-state index contributed by atoms with van der Waals surface area (Å²) < 4.78 is 7.44. The molecule has 1 saturated carbocycles. The Balaban J connectivity index is 2.10. The van der Waals surface area contributed by atoms with Crippen LogP contribution in [0.25, 0.3) is 0 Å². The second-order valence-corrected chi connectivity index (χ2v) is 4.58. The van der Waals surface area contributed by atoms with Crippen LogP contribution in [-0.4, -0.2) is 32.8 Å². The molecule has 0 bridgehead atoms. The third kappa shape index (κ3) is 2.84. The molecule has 0 radical (unpaired) electrons. The van der Waals surface area contributed by atoms with E-state index < -0.39 is 6.10 Å². The quantitative estimate of drug-likeness (QED) is 0.784. The van der Waals surface area contributed by atoms with Gasteiger partial charge in [-0.05, 0) is 32.1 Å². The summed E-state index contributed by atoms with van der Waals surface area (Å²) in [5, 5.41) is 18.3. The van der Waals surface area contributed by atoms with E-state index in [1.54, 1.807) is 10.9 Å². The van der Waals surface area contributed by atoms with E-state index in [9.17, 15) is 5.11 Å². The molecule has 17 heavy (non-hydrogen) atoms. The summed E-state index contributed by atoms with van der Waals surface area (Å²) in [5.41, 5.74) is 0.775. The lowest BCUT2D eigenvalue weighted by atomic mass is 10.1. The molecule has 2 rings (SSSR count). The van der Waals surface area contributed by atoms with Crippen molar-refractivity contribution in [1.82, 2.24) is 15.0 Å². The molecule has 1 heterocycles. The smallest absolute Gasteiger partial charge is 0.124 e. The van der Waals surface area contributed by atoms with Crippen LogP contribution in [0, 0.1) is 5.92 Å². The van der Waals surface area contributed by atoms with Crippen molar-refractivity contribution in [2.75, 3.05) is 6.61 Å². The van der Waals surface area contributed by atoms with Crippen LogP contribution in [0.5, 0.6) is 0 Å². The van der Waals surface area contributed by atoms with Gasteiger partial charge in [0.2, 0.25) is 0 Å². The molecule has 1 aromatic heterocycles. The normalized spacial score (nSPS) is 19.2. The summed E-state index contributed by atoms with van der Waals surface area (Å²) in [6.45, 7) is 5.46. The zero-order valence-electron chi connectivity index (χ0n) is 10.5. The van der Waals surface area contributed by atoms with Crippen molar-refractivity contribution in [2.24, 2.45) is 5.92 Å². The highest BCUT2D eigenvalue weighted by Gasteiger charge is 2.38. The molecule has 0 aromatic carbocycles. The number of nitrogens with zero attached hydrogens (tertiary/aromatic N) is 3. The van der Waals surface area contributed by atoms with Crippen LogP contribution in [-0.2, 0) is 11.3 Å². The van der Waals surface area contributed by atoms with Crippen LogP contribution in [0.2, 0.25) is 0 Å². The Hall–Kier alpha value is -0.940. The number of aromatic nitrogens is 3. The van der Waals surface area contributed by atoms with Gasteiger partial charge < -0.3 is 9.84 Å². The number of rotatable bonds is 7. The van der Waals surface area contributed by atoms with Crippen LogP contribution in [0.1, 0.15) is 44.9 Å². The fourth-order valence-corrected chi connectivity index (χ4v) is 2.15. The van der Waals surface area contributed by atoms with Crippen molar-refractivity contribution in [3.05, 3.63) is 11.9 Å². The summed E-state index contributed by atoms with van der Waals surface area (Å²) in [6.07, 6.45) is 4.22. The van der Waals surface area contributed by atoms with E-state index in [-0.39, 0.29) is 6.10 Å². The van der Waals surface area contributed by atoms with Crippen LogP contribution in [0.4, 0.5) is 0 Å². The Kier molecular flexibility index (Phi) is 4.12. The van der Waals surface area contributed by atoms with Crippen LogP contribution in [0.3, 0.4) is 0 Å². The Bertz CT molecular complexity index is 349. The highest BCUT2D eigenvalue weighted by Crippen LogP contribution is 2.39. The van der Waals surface area contributed by atoms with Gasteiger partial charge in [0.25, 0.3) is 0 Å².